The quantitative estimate of drug-likeness (QED) is 0.746. The van der Waals surface area contributed by atoms with Crippen molar-refractivity contribution in [2.45, 2.75) is 39.1 Å². The number of imidazole rings is 1. The van der Waals surface area contributed by atoms with Crippen LogP contribution < -0.4 is 0 Å². The summed E-state index contributed by atoms with van der Waals surface area (Å²) in [6.07, 6.45) is 1.00. The van der Waals surface area contributed by atoms with Crippen LogP contribution in [0.3, 0.4) is 0 Å². The highest BCUT2D eigenvalue weighted by atomic mass is 35.5. The van der Waals surface area contributed by atoms with E-state index in [1.807, 2.05) is 0 Å². The van der Waals surface area contributed by atoms with Crippen LogP contribution in [-0.2, 0) is 5.88 Å². The number of alkyl halides is 1. The maximum absolute atomic E-state index is 13.2. The van der Waals surface area contributed by atoms with Crippen molar-refractivity contribution in [2.24, 2.45) is 5.92 Å². The third-order valence-electron chi connectivity index (χ3n) is 3.36. The molecule has 0 saturated heterocycles. The van der Waals surface area contributed by atoms with E-state index >= 15 is 0 Å². The predicted octanol–water partition coefficient (Wildman–Crippen LogP) is 4.52. The van der Waals surface area contributed by atoms with Gasteiger partial charge in [0.1, 0.15) is 11.6 Å². The topological polar surface area (TPSA) is 17.8 Å². The highest BCUT2D eigenvalue weighted by Gasteiger charge is 2.20. The van der Waals surface area contributed by atoms with Gasteiger partial charge in [0, 0.05) is 12.1 Å². The first-order valence-electron chi connectivity index (χ1n) is 6.30. The molecule has 0 N–H and O–H groups in total. The molecule has 0 radical (unpaired) electrons. The van der Waals surface area contributed by atoms with Gasteiger partial charge < -0.3 is 4.57 Å². The number of benzene rings is 1. The van der Waals surface area contributed by atoms with E-state index in [0.717, 1.165) is 17.8 Å². The molecule has 1 heterocycles. The van der Waals surface area contributed by atoms with E-state index in [0.29, 0.717) is 23.4 Å². The summed E-state index contributed by atoms with van der Waals surface area (Å²) in [6, 6.07) is 5.08. The van der Waals surface area contributed by atoms with E-state index in [1.165, 1.54) is 12.1 Å². The fourth-order valence-corrected chi connectivity index (χ4v) is 2.73. The van der Waals surface area contributed by atoms with Gasteiger partial charge in [-0.1, -0.05) is 20.8 Å². The van der Waals surface area contributed by atoms with Crippen molar-refractivity contribution in [3.05, 3.63) is 29.8 Å². The highest BCUT2D eigenvalue weighted by Crippen LogP contribution is 2.29. The molecule has 4 heteroatoms. The molecule has 1 aromatic carbocycles. The second-order valence-electron chi connectivity index (χ2n) is 4.88. The van der Waals surface area contributed by atoms with Gasteiger partial charge in [0.2, 0.25) is 0 Å². The number of aromatic nitrogens is 2. The second kappa shape index (κ2) is 5.27. The van der Waals surface area contributed by atoms with E-state index in [2.05, 4.69) is 30.3 Å². The SMILES string of the molecule is CCC(C(C)C)n1c(CCl)nc2cc(F)ccc21. The molecule has 1 aromatic heterocycles. The first-order valence-corrected chi connectivity index (χ1v) is 6.84. The minimum Gasteiger partial charge on any atom is -0.324 e. The minimum atomic E-state index is -0.258. The van der Waals surface area contributed by atoms with Crippen LogP contribution in [0.25, 0.3) is 11.0 Å². The summed E-state index contributed by atoms with van der Waals surface area (Å²) in [5.41, 5.74) is 1.65. The van der Waals surface area contributed by atoms with Crippen molar-refractivity contribution in [1.29, 1.82) is 0 Å². The van der Waals surface area contributed by atoms with Crippen LogP contribution in [0.5, 0.6) is 0 Å². The third-order valence-corrected chi connectivity index (χ3v) is 3.60. The predicted molar refractivity (Wildman–Crippen MR) is 73.4 cm³/mol. The maximum Gasteiger partial charge on any atom is 0.125 e. The largest absolute Gasteiger partial charge is 0.324 e. The molecule has 18 heavy (non-hydrogen) atoms. The number of rotatable bonds is 4. The summed E-state index contributed by atoms with van der Waals surface area (Å²) in [5.74, 6) is 1.39. The van der Waals surface area contributed by atoms with Crippen LogP contribution >= 0.6 is 11.6 Å². The van der Waals surface area contributed by atoms with E-state index in [1.54, 1.807) is 6.07 Å². The number of nitrogens with zero attached hydrogens (tertiary/aromatic N) is 2. The lowest BCUT2D eigenvalue weighted by molar-refractivity contribution is 0.367. The highest BCUT2D eigenvalue weighted by molar-refractivity contribution is 6.16. The zero-order chi connectivity index (χ0) is 13.3. The van der Waals surface area contributed by atoms with Crippen LogP contribution in [0.1, 0.15) is 39.1 Å². The molecule has 0 fully saturated rings. The molecule has 0 spiro atoms. The first kappa shape index (κ1) is 13.3. The summed E-state index contributed by atoms with van der Waals surface area (Å²) in [6.45, 7) is 6.51. The minimum absolute atomic E-state index is 0.258. The Balaban J connectivity index is 2.66. The molecule has 0 aliphatic heterocycles. The lowest BCUT2D eigenvalue weighted by atomic mass is 10.0. The van der Waals surface area contributed by atoms with Gasteiger partial charge in [0.15, 0.2) is 0 Å². The summed E-state index contributed by atoms with van der Waals surface area (Å²) < 4.78 is 15.4. The van der Waals surface area contributed by atoms with Gasteiger partial charge in [0.25, 0.3) is 0 Å². The standard InChI is InChI=1S/C14H18ClFN2/c1-4-12(9(2)3)18-13-6-5-10(16)7-11(13)17-14(18)8-15/h5-7,9,12H,4,8H2,1-3H3. The summed E-state index contributed by atoms with van der Waals surface area (Å²) in [5, 5.41) is 0. The molecule has 0 amide bonds. The third kappa shape index (κ3) is 2.24. The van der Waals surface area contributed by atoms with E-state index < -0.39 is 0 Å². The molecule has 2 aromatic rings. The van der Waals surface area contributed by atoms with Gasteiger partial charge in [0.05, 0.1) is 16.9 Å². The van der Waals surface area contributed by atoms with Crippen LogP contribution in [-0.4, -0.2) is 9.55 Å². The average molecular weight is 269 g/mol. The van der Waals surface area contributed by atoms with Crippen LogP contribution in [0, 0.1) is 11.7 Å². The Morgan fingerprint density at radius 2 is 2.11 bits per heavy atom. The fourth-order valence-electron chi connectivity index (χ4n) is 2.54. The Kier molecular flexibility index (Phi) is 3.91. The maximum atomic E-state index is 13.2. The van der Waals surface area contributed by atoms with Crippen LogP contribution in [0.4, 0.5) is 4.39 Å². The molecule has 0 aliphatic carbocycles. The zero-order valence-corrected chi connectivity index (χ0v) is 11.7. The van der Waals surface area contributed by atoms with Crippen molar-refractivity contribution < 1.29 is 4.39 Å². The van der Waals surface area contributed by atoms with E-state index in [4.69, 9.17) is 11.6 Å². The summed E-state index contributed by atoms with van der Waals surface area (Å²) in [7, 11) is 0. The van der Waals surface area contributed by atoms with Gasteiger partial charge >= 0.3 is 0 Å². The van der Waals surface area contributed by atoms with E-state index in [-0.39, 0.29) is 5.82 Å². The lowest BCUT2D eigenvalue weighted by Gasteiger charge is -2.23. The van der Waals surface area contributed by atoms with E-state index in [9.17, 15) is 4.39 Å². The number of halogens is 2. The average Bonchev–Trinajstić information content (AvgIpc) is 2.67. The van der Waals surface area contributed by atoms with Gasteiger partial charge in [-0.3, -0.25) is 0 Å². The summed E-state index contributed by atoms with van der Waals surface area (Å²) >= 11 is 5.97. The Labute approximate surface area is 112 Å². The van der Waals surface area contributed by atoms with Crippen molar-refractivity contribution in [1.82, 2.24) is 9.55 Å². The molecular weight excluding hydrogens is 251 g/mol. The molecular formula is C14H18ClFN2. The zero-order valence-electron chi connectivity index (χ0n) is 11.0. The Bertz CT molecular complexity index is 548. The van der Waals surface area contributed by atoms with Gasteiger partial charge in [-0.2, -0.15) is 0 Å². The smallest absolute Gasteiger partial charge is 0.125 e. The first-order chi connectivity index (χ1) is 8.58. The Hall–Kier alpha value is -1.09. The molecule has 1 unspecified atom stereocenters. The molecule has 0 bridgehead atoms. The number of fused-ring (bicyclic) bond motifs is 1. The Morgan fingerprint density at radius 3 is 2.67 bits per heavy atom. The second-order valence-corrected chi connectivity index (χ2v) is 5.15. The van der Waals surface area contributed by atoms with Crippen molar-refractivity contribution in [3.63, 3.8) is 0 Å². The number of hydrogen-bond acceptors (Lipinski definition) is 1. The summed E-state index contributed by atoms with van der Waals surface area (Å²) in [4.78, 5) is 4.43. The molecule has 2 rings (SSSR count). The lowest BCUT2D eigenvalue weighted by Crippen LogP contribution is -2.16. The fraction of sp³-hybridized carbons (Fsp3) is 0.500. The van der Waals surface area contributed by atoms with Crippen molar-refractivity contribution >= 4 is 22.6 Å². The van der Waals surface area contributed by atoms with Crippen LogP contribution in [0.15, 0.2) is 18.2 Å². The molecule has 2 nitrogen and oxygen atoms in total. The van der Waals surface area contributed by atoms with Crippen molar-refractivity contribution in [2.75, 3.05) is 0 Å². The molecule has 98 valence electrons. The normalized spacial score (nSPS) is 13.4. The monoisotopic (exact) mass is 268 g/mol. The van der Waals surface area contributed by atoms with Gasteiger partial charge in [-0.15, -0.1) is 11.6 Å². The molecule has 0 aliphatic rings. The number of hydrogen-bond donors (Lipinski definition) is 0. The van der Waals surface area contributed by atoms with Crippen molar-refractivity contribution in [3.8, 4) is 0 Å². The molecule has 0 saturated carbocycles. The van der Waals surface area contributed by atoms with Crippen LogP contribution in [0.2, 0.25) is 0 Å². The molecule has 1 atom stereocenters. The van der Waals surface area contributed by atoms with Gasteiger partial charge in [-0.05, 0) is 24.5 Å². The Morgan fingerprint density at radius 1 is 1.39 bits per heavy atom. The van der Waals surface area contributed by atoms with Gasteiger partial charge in [-0.25, -0.2) is 9.37 Å².